The molecule has 0 N–H and O–H groups in total. The Morgan fingerprint density at radius 1 is 0.667 bits per heavy atom. The van der Waals surface area contributed by atoms with Crippen LogP contribution in [0.2, 0.25) is 0 Å². The quantitative estimate of drug-likeness (QED) is 0.202. The molecule has 2 aromatic rings. The van der Waals surface area contributed by atoms with E-state index in [4.69, 9.17) is 17.0 Å². The van der Waals surface area contributed by atoms with E-state index in [0.717, 1.165) is 26.3 Å². The molecule has 4 fully saturated rings. The maximum Gasteiger partial charge on any atom is 0.409 e. The van der Waals surface area contributed by atoms with Crippen molar-refractivity contribution in [2.75, 3.05) is 40.5 Å². The van der Waals surface area contributed by atoms with Crippen molar-refractivity contribution in [2.24, 2.45) is 0 Å². The van der Waals surface area contributed by atoms with Crippen molar-refractivity contribution in [2.45, 2.75) is 100 Å². The van der Waals surface area contributed by atoms with Gasteiger partial charge < -0.3 is 9.47 Å². The maximum absolute atomic E-state index is 8.00. The molecule has 4 nitrogen and oxygen atoms in total. The van der Waals surface area contributed by atoms with E-state index in [1.54, 1.807) is 0 Å². The Kier molecular flexibility index (Phi) is 14.4. The van der Waals surface area contributed by atoms with E-state index >= 15 is 0 Å². The van der Waals surface area contributed by atoms with Crippen LogP contribution in [0.4, 0.5) is 0 Å². The van der Waals surface area contributed by atoms with Gasteiger partial charge in [-0.05, 0) is 63.5 Å². The smallest absolute Gasteiger partial charge is 0.383 e. The normalized spacial score (nSPS) is 26.7. The van der Waals surface area contributed by atoms with Crippen LogP contribution in [-0.2, 0) is 26.5 Å². The fourth-order valence-corrected chi connectivity index (χ4v) is 16.6. The van der Waals surface area contributed by atoms with Crippen LogP contribution in [0, 0.1) is 0 Å². The minimum atomic E-state index is -2.11. The van der Waals surface area contributed by atoms with Crippen LogP contribution in [0.15, 0.2) is 60.7 Å². The zero-order valence-electron chi connectivity index (χ0n) is 25.9. The predicted molar refractivity (Wildman–Crippen MR) is 179 cm³/mol. The molecule has 42 heavy (non-hydrogen) atoms. The van der Waals surface area contributed by atoms with Gasteiger partial charge in [-0.2, -0.15) is 9.34 Å². The Labute approximate surface area is 270 Å². The van der Waals surface area contributed by atoms with Gasteiger partial charge in [0.15, 0.2) is 0 Å². The van der Waals surface area contributed by atoms with Gasteiger partial charge in [-0.3, -0.25) is 0 Å². The average Bonchev–Trinajstić information content (AvgIpc) is 3.83. The van der Waals surface area contributed by atoms with Crippen molar-refractivity contribution < 1.29 is 26.5 Å². The molecule has 6 rings (SSSR count). The minimum Gasteiger partial charge on any atom is -0.383 e. The number of benzene rings is 2. The summed E-state index contributed by atoms with van der Waals surface area (Å²) in [5, 5.41) is 2.98. The van der Waals surface area contributed by atoms with Crippen molar-refractivity contribution >= 4 is 33.5 Å². The van der Waals surface area contributed by atoms with Gasteiger partial charge in [0, 0.05) is 50.0 Å². The Morgan fingerprint density at radius 2 is 1.12 bits per heavy atom. The molecule has 0 spiro atoms. The van der Waals surface area contributed by atoms with E-state index < -0.39 is 15.4 Å². The molecule has 4 aliphatic rings. The number of nitrogens with zero attached hydrogens (tertiary/aromatic N) is 2. The monoisotopic (exact) mass is 649 g/mol. The number of methoxy groups -OCH3 is 2. The second-order valence-corrected chi connectivity index (χ2v) is 17.9. The molecule has 2 radical (unpaired) electrons. The molecule has 0 amide bonds. The van der Waals surface area contributed by atoms with Crippen molar-refractivity contribution in [3.8, 4) is 0 Å². The molecule has 2 aliphatic carbocycles. The van der Waals surface area contributed by atoms with Crippen LogP contribution in [0.5, 0.6) is 0 Å². The third-order valence-electron chi connectivity index (χ3n) is 9.82. The van der Waals surface area contributed by atoms with Crippen LogP contribution in [-0.4, -0.2) is 80.8 Å². The topological polar surface area (TPSA) is 24.9 Å². The second-order valence-electron chi connectivity index (χ2n) is 12.4. The number of rotatable bonds is 10. The van der Waals surface area contributed by atoms with Crippen LogP contribution < -0.4 is 10.6 Å². The molecule has 2 saturated heterocycles. The molecule has 2 unspecified atom stereocenters. The van der Waals surface area contributed by atoms with E-state index in [0.29, 0.717) is 23.4 Å². The van der Waals surface area contributed by atoms with Gasteiger partial charge in [-0.25, -0.2) is 0 Å². The molecule has 0 aromatic heterocycles. The average molecular weight is 649 g/mol. The Balaban J connectivity index is 0.000000612. The van der Waals surface area contributed by atoms with E-state index in [9.17, 15) is 0 Å². The second kappa shape index (κ2) is 17.4. The zero-order chi connectivity index (χ0) is 28.5. The SMILES string of the molecule is C1CCCC1.[B][P+](C1CCCC1P(c1ccccc1)c1ccccc1)(N1CCC[C@H]1COC)N1CCC[C@H]1COC.[Fe]. The molecule has 2 saturated carbocycles. The first-order valence-corrected chi connectivity index (χ1v) is 19.5. The van der Waals surface area contributed by atoms with Gasteiger partial charge in [-0.1, -0.05) is 92.8 Å². The van der Waals surface area contributed by atoms with Crippen LogP contribution in [0.25, 0.3) is 0 Å². The standard InChI is InChI=1S/C29H42BN2O2P2.C5H10.Fe/c1-33-22-24-12-10-20-31(24)36(30,32-21-11-13-25(32)23-34-2)29-19-9-18-28(29)35(26-14-5-3-6-15-26)27-16-7-4-8-17-27;1-2-4-5-3-1;/h3-8,14-17,24-25,28-29H,9-13,18-23H2,1-2H3;1-5H2;/q+1;;/t24-,25-,28?,29?;;/m0../s1. The number of hydrogen-bond acceptors (Lipinski definition) is 4. The molecule has 4 atom stereocenters. The van der Waals surface area contributed by atoms with Crippen molar-refractivity contribution in [1.29, 1.82) is 0 Å². The molecule has 2 aromatic carbocycles. The Morgan fingerprint density at radius 3 is 1.55 bits per heavy atom. The molecule has 230 valence electrons. The fourth-order valence-electron chi connectivity index (χ4n) is 8.00. The third-order valence-corrected chi connectivity index (χ3v) is 17.3. The van der Waals surface area contributed by atoms with Crippen LogP contribution in [0.1, 0.15) is 77.0 Å². The third kappa shape index (κ3) is 7.92. The molecule has 0 bridgehead atoms. The van der Waals surface area contributed by atoms with Gasteiger partial charge >= 0.3 is 7.57 Å². The summed E-state index contributed by atoms with van der Waals surface area (Å²) in [5.41, 5.74) is 1.11. The zero-order valence-corrected chi connectivity index (χ0v) is 28.8. The first-order valence-electron chi connectivity index (χ1n) is 16.3. The van der Waals surface area contributed by atoms with E-state index in [-0.39, 0.29) is 17.1 Å². The Bertz CT molecular complexity index is 964. The fraction of sp³-hybridized carbons (Fsp3) is 0.647. The summed E-state index contributed by atoms with van der Waals surface area (Å²) in [6.07, 6.45) is 16.1. The largest absolute Gasteiger partial charge is 0.409 e. The summed E-state index contributed by atoms with van der Waals surface area (Å²) < 4.78 is 17.0. The summed E-state index contributed by atoms with van der Waals surface area (Å²) in [6.45, 7) is 3.77. The first-order chi connectivity index (χ1) is 20.2. The molecule has 2 heterocycles. The van der Waals surface area contributed by atoms with Gasteiger partial charge in [0.25, 0.3) is 0 Å². The summed E-state index contributed by atoms with van der Waals surface area (Å²) >= 11 is 0. The molecule has 2 aliphatic heterocycles. The molecular formula is C34H52BFeN2O2P2+. The number of hydrogen-bond donors (Lipinski definition) is 0. The van der Waals surface area contributed by atoms with Gasteiger partial charge in [0.05, 0.1) is 31.0 Å². The van der Waals surface area contributed by atoms with Gasteiger partial charge in [0.2, 0.25) is 0 Å². The molecular weight excluding hydrogens is 597 g/mol. The van der Waals surface area contributed by atoms with E-state index in [2.05, 4.69) is 70.0 Å². The van der Waals surface area contributed by atoms with Gasteiger partial charge in [-0.15, -0.1) is 0 Å². The summed E-state index contributed by atoms with van der Waals surface area (Å²) in [5.74, 6) is 0. The first kappa shape index (κ1) is 34.6. The van der Waals surface area contributed by atoms with Crippen molar-refractivity contribution in [3.05, 3.63) is 60.7 Å². The maximum atomic E-state index is 8.00. The summed E-state index contributed by atoms with van der Waals surface area (Å²) in [4.78, 5) is 0. The van der Waals surface area contributed by atoms with E-state index in [1.807, 2.05) is 14.2 Å². The van der Waals surface area contributed by atoms with Crippen molar-refractivity contribution in [1.82, 2.24) is 9.34 Å². The van der Waals surface area contributed by atoms with Crippen LogP contribution >= 0.6 is 15.4 Å². The van der Waals surface area contributed by atoms with Crippen LogP contribution in [0.3, 0.4) is 0 Å². The van der Waals surface area contributed by atoms with E-state index in [1.165, 1.54) is 87.7 Å². The minimum absolute atomic E-state index is 0. The van der Waals surface area contributed by atoms with Crippen molar-refractivity contribution in [3.63, 3.8) is 0 Å². The number of ether oxygens (including phenoxy) is 2. The van der Waals surface area contributed by atoms with Gasteiger partial charge in [0.1, 0.15) is 7.44 Å². The predicted octanol–water partition coefficient (Wildman–Crippen LogP) is 7.14. The molecule has 8 heteroatoms. The summed E-state index contributed by atoms with van der Waals surface area (Å²) in [6, 6.07) is 23.4. The Hall–Kier alpha value is -0.276. The summed E-state index contributed by atoms with van der Waals surface area (Å²) in [7, 11) is 9.09.